The van der Waals surface area contributed by atoms with Crippen LogP contribution in [0.2, 0.25) is 0 Å². The summed E-state index contributed by atoms with van der Waals surface area (Å²) in [6.07, 6.45) is 0.492. The Labute approximate surface area is 115 Å². The van der Waals surface area contributed by atoms with Crippen LogP contribution in [-0.4, -0.2) is 5.11 Å². The highest BCUT2D eigenvalue weighted by Gasteiger charge is 2.22. The number of benzene rings is 2. The lowest BCUT2D eigenvalue weighted by atomic mass is 9.85. The quantitative estimate of drug-likeness (QED) is 0.849. The second-order valence-corrected chi connectivity index (χ2v) is 5.23. The second-order valence-electron chi connectivity index (χ2n) is 5.23. The molecule has 0 aliphatic heterocycles. The van der Waals surface area contributed by atoms with Crippen molar-refractivity contribution < 1.29 is 5.11 Å². The molecular formula is C18H22O. The maximum absolute atomic E-state index is 10.7. The van der Waals surface area contributed by atoms with Gasteiger partial charge in [-0.25, -0.2) is 0 Å². The van der Waals surface area contributed by atoms with Crippen molar-refractivity contribution in [1.82, 2.24) is 0 Å². The first-order valence-electron chi connectivity index (χ1n) is 6.93. The van der Waals surface area contributed by atoms with Gasteiger partial charge in [0.05, 0.1) is 6.10 Å². The Balaban J connectivity index is 2.33. The highest BCUT2D eigenvalue weighted by molar-refractivity contribution is 5.34. The molecule has 0 aliphatic rings. The minimum atomic E-state index is -0.437. The van der Waals surface area contributed by atoms with E-state index in [1.54, 1.807) is 0 Å². The Hall–Kier alpha value is -1.60. The predicted molar refractivity (Wildman–Crippen MR) is 80.3 cm³/mol. The number of aliphatic hydroxyl groups excluding tert-OH is 1. The average molecular weight is 254 g/mol. The lowest BCUT2D eigenvalue weighted by Crippen LogP contribution is -2.11. The maximum Gasteiger partial charge on any atom is 0.0860 e. The van der Waals surface area contributed by atoms with Crippen LogP contribution in [0.15, 0.2) is 48.5 Å². The van der Waals surface area contributed by atoms with E-state index in [1.165, 1.54) is 16.7 Å². The van der Waals surface area contributed by atoms with E-state index in [0.29, 0.717) is 0 Å². The van der Waals surface area contributed by atoms with Gasteiger partial charge in [0.2, 0.25) is 0 Å². The SMILES string of the molecule is CCC(c1ccccc1)C(O)c1ccc(C)cc1C. The Kier molecular flexibility index (Phi) is 4.39. The molecule has 0 bridgehead atoms. The van der Waals surface area contributed by atoms with Crippen LogP contribution >= 0.6 is 0 Å². The first-order chi connectivity index (χ1) is 9.13. The van der Waals surface area contributed by atoms with Gasteiger partial charge < -0.3 is 5.11 Å². The van der Waals surface area contributed by atoms with Crippen molar-refractivity contribution in [2.75, 3.05) is 0 Å². The van der Waals surface area contributed by atoms with Crippen molar-refractivity contribution in [1.29, 1.82) is 0 Å². The molecule has 100 valence electrons. The molecule has 2 unspecified atom stereocenters. The first-order valence-corrected chi connectivity index (χ1v) is 6.93. The zero-order valence-electron chi connectivity index (χ0n) is 11.9. The molecule has 2 aromatic rings. The number of hydrogen-bond acceptors (Lipinski definition) is 1. The summed E-state index contributed by atoms with van der Waals surface area (Å²) >= 11 is 0. The molecule has 1 nitrogen and oxygen atoms in total. The summed E-state index contributed by atoms with van der Waals surface area (Å²) in [5.74, 6) is 0.155. The zero-order valence-corrected chi connectivity index (χ0v) is 11.9. The molecule has 0 saturated carbocycles. The highest BCUT2D eigenvalue weighted by Crippen LogP contribution is 2.34. The molecule has 0 heterocycles. The van der Waals surface area contributed by atoms with Gasteiger partial charge in [0, 0.05) is 5.92 Å². The van der Waals surface area contributed by atoms with Crippen LogP contribution in [-0.2, 0) is 0 Å². The van der Waals surface area contributed by atoms with Gasteiger partial charge in [0.25, 0.3) is 0 Å². The zero-order chi connectivity index (χ0) is 13.8. The number of aryl methyl sites for hydroxylation is 2. The third-order valence-electron chi connectivity index (χ3n) is 3.79. The van der Waals surface area contributed by atoms with Crippen molar-refractivity contribution in [3.63, 3.8) is 0 Å². The van der Waals surface area contributed by atoms with Gasteiger partial charge in [-0.1, -0.05) is 61.0 Å². The van der Waals surface area contributed by atoms with Crippen LogP contribution in [0.3, 0.4) is 0 Å². The molecule has 19 heavy (non-hydrogen) atoms. The smallest absolute Gasteiger partial charge is 0.0860 e. The van der Waals surface area contributed by atoms with Crippen molar-refractivity contribution in [3.05, 3.63) is 70.8 Å². The summed E-state index contributed by atoms with van der Waals surface area (Å²) in [5.41, 5.74) is 4.65. The van der Waals surface area contributed by atoms with Crippen LogP contribution in [0.25, 0.3) is 0 Å². The fraction of sp³-hybridized carbons (Fsp3) is 0.333. The minimum absolute atomic E-state index is 0.155. The molecule has 1 N–H and O–H groups in total. The summed E-state index contributed by atoms with van der Waals surface area (Å²) in [5, 5.41) is 10.7. The molecule has 2 aromatic carbocycles. The van der Waals surface area contributed by atoms with Crippen LogP contribution in [0.1, 0.15) is 47.6 Å². The Bertz CT molecular complexity index is 531. The van der Waals surface area contributed by atoms with E-state index in [1.807, 2.05) is 18.2 Å². The molecule has 0 saturated heterocycles. The Morgan fingerprint density at radius 1 is 1.00 bits per heavy atom. The number of rotatable bonds is 4. The summed E-state index contributed by atoms with van der Waals surface area (Å²) in [6.45, 7) is 6.28. The largest absolute Gasteiger partial charge is 0.388 e. The van der Waals surface area contributed by atoms with E-state index in [4.69, 9.17) is 0 Å². The third kappa shape index (κ3) is 3.05. The first kappa shape index (κ1) is 13.8. The van der Waals surface area contributed by atoms with E-state index in [9.17, 15) is 5.11 Å². The minimum Gasteiger partial charge on any atom is -0.388 e. The van der Waals surface area contributed by atoms with Gasteiger partial charge in [0.15, 0.2) is 0 Å². The molecular weight excluding hydrogens is 232 g/mol. The Morgan fingerprint density at radius 3 is 2.26 bits per heavy atom. The van der Waals surface area contributed by atoms with Crippen molar-refractivity contribution in [2.45, 2.75) is 39.2 Å². The third-order valence-corrected chi connectivity index (χ3v) is 3.79. The van der Waals surface area contributed by atoms with Gasteiger partial charge in [-0.3, -0.25) is 0 Å². The lowest BCUT2D eigenvalue weighted by molar-refractivity contribution is 0.142. The normalized spacial score (nSPS) is 14.1. The fourth-order valence-electron chi connectivity index (χ4n) is 2.72. The van der Waals surface area contributed by atoms with E-state index in [2.05, 4.69) is 51.1 Å². The lowest BCUT2D eigenvalue weighted by Gasteiger charge is -2.24. The summed E-state index contributed by atoms with van der Waals surface area (Å²) in [4.78, 5) is 0. The van der Waals surface area contributed by atoms with Crippen molar-refractivity contribution in [2.24, 2.45) is 0 Å². The topological polar surface area (TPSA) is 20.2 Å². The van der Waals surface area contributed by atoms with E-state index in [-0.39, 0.29) is 5.92 Å². The molecule has 0 radical (unpaired) electrons. The van der Waals surface area contributed by atoms with Crippen LogP contribution in [0.4, 0.5) is 0 Å². The van der Waals surface area contributed by atoms with Gasteiger partial charge in [-0.05, 0) is 37.0 Å². The molecule has 2 rings (SSSR count). The van der Waals surface area contributed by atoms with Crippen molar-refractivity contribution in [3.8, 4) is 0 Å². The van der Waals surface area contributed by atoms with E-state index < -0.39 is 6.10 Å². The van der Waals surface area contributed by atoms with Gasteiger partial charge >= 0.3 is 0 Å². The number of hydrogen-bond donors (Lipinski definition) is 1. The standard InChI is InChI=1S/C18H22O/c1-4-16(15-8-6-5-7-9-15)18(19)17-11-10-13(2)12-14(17)3/h5-12,16,18-19H,4H2,1-3H3. The summed E-state index contributed by atoms with van der Waals surface area (Å²) in [7, 11) is 0. The van der Waals surface area contributed by atoms with Crippen LogP contribution in [0, 0.1) is 13.8 Å². The van der Waals surface area contributed by atoms with Gasteiger partial charge in [-0.2, -0.15) is 0 Å². The molecule has 0 aliphatic carbocycles. The maximum atomic E-state index is 10.7. The molecule has 0 fully saturated rings. The molecule has 0 aromatic heterocycles. The molecule has 0 spiro atoms. The van der Waals surface area contributed by atoms with E-state index in [0.717, 1.165) is 12.0 Å². The van der Waals surface area contributed by atoms with Crippen LogP contribution in [0.5, 0.6) is 0 Å². The number of aliphatic hydroxyl groups is 1. The second kappa shape index (κ2) is 6.03. The molecule has 2 atom stereocenters. The van der Waals surface area contributed by atoms with Crippen molar-refractivity contribution >= 4 is 0 Å². The average Bonchev–Trinajstić information content (AvgIpc) is 2.40. The molecule has 1 heteroatoms. The van der Waals surface area contributed by atoms with Gasteiger partial charge in [-0.15, -0.1) is 0 Å². The van der Waals surface area contributed by atoms with E-state index >= 15 is 0 Å². The predicted octanol–water partition coefficient (Wildman–Crippen LogP) is 4.53. The fourth-order valence-corrected chi connectivity index (χ4v) is 2.72. The van der Waals surface area contributed by atoms with Crippen LogP contribution < -0.4 is 0 Å². The van der Waals surface area contributed by atoms with Gasteiger partial charge in [0.1, 0.15) is 0 Å². The summed E-state index contributed by atoms with van der Waals surface area (Å²) in [6, 6.07) is 16.5. The monoisotopic (exact) mass is 254 g/mol. The highest BCUT2D eigenvalue weighted by atomic mass is 16.3. The Morgan fingerprint density at radius 2 is 1.68 bits per heavy atom. The summed E-state index contributed by atoms with van der Waals surface area (Å²) < 4.78 is 0. The molecule has 0 amide bonds.